The zero-order valence-electron chi connectivity index (χ0n) is 13.1. The van der Waals surface area contributed by atoms with Gasteiger partial charge in [0.25, 0.3) is 17.5 Å². The number of rotatable bonds is 6. The number of amides is 2. The molecule has 2 aromatic rings. The van der Waals surface area contributed by atoms with Gasteiger partial charge in [0, 0.05) is 22.8 Å². The van der Waals surface area contributed by atoms with Crippen molar-refractivity contribution >= 4 is 34.8 Å². The molecule has 2 rings (SSSR count). The second-order valence-electron chi connectivity index (χ2n) is 5.10. The average molecular weight is 364 g/mol. The van der Waals surface area contributed by atoms with Crippen LogP contribution in [0.15, 0.2) is 36.4 Å². The number of nitrogens with zero attached hydrogens (tertiary/aromatic N) is 1. The van der Waals surface area contributed by atoms with Crippen LogP contribution in [0.1, 0.15) is 15.9 Å². The molecule has 0 aromatic heterocycles. The predicted octanol–water partition coefficient (Wildman–Crippen LogP) is 2.67. The van der Waals surface area contributed by atoms with Gasteiger partial charge in [0.05, 0.1) is 10.5 Å². The third kappa shape index (κ3) is 4.67. The molecule has 0 radical (unpaired) electrons. The molecule has 0 saturated carbocycles. The van der Waals surface area contributed by atoms with E-state index in [0.717, 1.165) is 0 Å². The molecule has 9 heteroatoms. The van der Waals surface area contributed by atoms with Gasteiger partial charge in [-0.2, -0.15) is 0 Å². The van der Waals surface area contributed by atoms with Crippen LogP contribution in [0.3, 0.4) is 0 Å². The molecule has 0 saturated heterocycles. The van der Waals surface area contributed by atoms with Gasteiger partial charge in [-0.3, -0.25) is 19.7 Å². The number of nitrogens with two attached hydrogens (primary N) is 1. The zero-order valence-corrected chi connectivity index (χ0v) is 13.9. The highest BCUT2D eigenvalue weighted by Gasteiger charge is 2.13. The molecule has 0 spiro atoms. The van der Waals surface area contributed by atoms with Crippen molar-refractivity contribution in [3.05, 3.63) is 62.7 Å². The average Bonchev–Trinajstić information content (AvgIpc) is 2.54. The molecule has 0 heterocycles. The topological polar surface area (TPSA) is 125 Å². The molecule has 2 aromatic carbocycles. The first-order chi connectivity index (χ1) is 11.8. The van der Waals surface area contributed by atoms with Gasteiger partial charge < -0.3 is 15.8 Å². The molecule has 2 amide bonds. The standard InChI is InChI=1S/C16H14ClN3O5/c1-9-6-11(20(23)24)3-5-13(9)19-15(21)8-25-14-7-10(17)2-4-12(14)16(18)22/h2-7H,8H2,1H3,(H2,18,22)(H,19,21). The SMILES string of the molecule is Cc1cc([N+](=O)[O-])ccc1NC(=O)COc1cc(Cl)ccc1C(N)=O. The van der Waals surface area contributed by atoms with Crippen molar-refractivity contribution in [1.82, 2.24) is 0 Å². The Kier molecular flexibility index (Phi) is 5.56. The summed E-state index contributed by atoms with van der Waals surface area (Å²) in [5, 5.41) is 13.6. The van der Waals surface area contributed by atoms with Crippen molar-refractivity contribution in [2.24, 2.45) is 5.73 Å². The van der Waals surface area contributed by atoms with Crippen molar-refractivity contribution in [2.75, 3.05) is 11.9 Å². The minimum Gasteiger partial charge on any atom is -0.483 e. The van der Waals surface area contributed by atoms with E-state index >= 15 is 0 Å². The number of carbonyl (C=O) groups excluding carboxylic acids is 2. The summed E-state index contributed by atoms with van der Waals surface area (Å²) < 4.78 is 5.31. The summed E-state index contributed by atoms with van der Waals surface area (Å²) in [7, 11) is 0. The van der Waals surface area contributed by atoms with E-state index < -0.39 is 23.3 Å². The van der Waals surface area contributed by atoms with Crippen molar-refractivity contribution in [2.45, 2.75) is 6.92 Å². The Labute approximate surface area is 147 Å². The lowest BCUT2D eigenvalue weighted by Gasteiger charge is -2.11. The second kappa shape index (κ2) is 7.63. The summed E-state index contributed by atoms with van der Waals surface area (Å²) in [6.45, 7) is 1.24. The Balaban J connectivity index is 2.06. The highest BCUT2D eigenvalue weighted by molar-refractivity contribution is 6.30. The molecule has 0 fully saturated rings. The van der Waals surface area contributed by atoms with Gasteiger partial charge >= 0.3 is 0 Å². The number of benzene rings is 2. The first-order valence-corrected chi connectivity index (χ1v) is 7.43. The Morgan fingerprint density at radius 2 is 2.00 bits per heavy atom. The largest absolute Gasteiger partial charge is 0.483 e. The van der Waals surface area contributed by atoms with E-state index in [2.05, 4.69) is 5.32 Å². The smallest absolute Gasteiger partial charge is 0.269 e. The van der Waals surface area contributed by atoms with Gasteiger partial charge in [-0.25, -0.2) is 0 Å². The maximum atomic E-state index is 12.0. The number of hydrogen-bond donors (Lipinski definition) is 2. The van der Waals surface area contributed by atoms with E-state index in [1.165, 1.54) is 36.4 Å². The van der Waals surface area contributed by atoms with Crippen LogP contribution in [-0.2, 0) is 4.79 Å². The quantitative estimate of drug-likeness (QED) is 0.603. The third-order valence-corrected chi connectivity index (χ3v) is 3.50. The maximum Gasteiger partial charge on any atom is 0.269 e. The summed E-state index contributed by atoms with van der Waals surface area (Å²) in [5.41, 5.74) is 6.21. The normalized spacial score (nSPS) is 10.2. The summed E-state index contributed by atoms with van der Waals surface area (Å²) in [6.07, 6.45) is 0. The highest BCUT2D eigenvalue weighted by atomic mass is 35.5. The maximum absolute atomic E-state index is 12.0. The number of carbonyl (C=O) groups is 2. The monoisotopic (exact) mass is 363 g/mol. The number of aryl methyl sites for hydroxylation is 1. The van der Waals surface area contributed by atoms with E-state index in [4.69, 9.17) is 22.1 Å². The van der Waals surface area contributed by atoms with Gasteiger partial charge in [0.1, 0.15) is 5.75 Å². The Morgan fingerprint density at radius 1 is 1.28 bits per heavy atom. The molecule has 0 aliphatic rings. The van der Waals surface area contributed by atoms with E-state index in [-0.39, 0.29) is 17.0 Å². The van der Waals surface area contributed by atoms with Crippen LogP contribution in [-0.4, -0.2) is 23.3 Å². The van der Waals surface area contributed by atoms with Crippen molar-refractivity contribution < 1.29 is 19.2 Å². The number of nitro benzene ring substituents is 1. The van der Waals surface area contributed by atoms with Crippen molar-refractivity contribution in [1.29, 1.82) is 0 Å². The molecular formula is C16H14ClN3O5. The van der Waals surface area contributed by atoms with Crippen molar-refractivity contribution in [3.63, 3.8) is 0 Å². The summed E-state index contributed by atoms with van der Waals surface area (Å²) >= 11 is 5.84. The molecule has 0 aliphatic heterocycles. The molecule has 3 N–H and O–H groups in total. The van der Waals surface area contributed by atoms with E-state index in [1.54, 1.807) is 6.92 Å². The van der Waals surface area contributed by atoms with Crippen LogP contribution in [0.25, 0.3) is 0 Å². The first-order valence-electron chi connectivity index (χ1n) is 7.05. The van der Waals surface area contributed by atoms with E-state index in [9.17, 15) is 19.7 Å². The summed E-state index contributed by atoms with van der Waals surface area (Å²) in [6, 6.07) is 8.32. The molecule has 25 heavy (non-hydrogen) atoms. The predicted molar refractivity (Wildman–Crippen MR) is 91.9 cm³/mol. The van der Waals surface area contributed by atoms with Gasteiger partial charge in [0.2, 0.25) is 0 Å². The number of hydrogen-bond acceptors (Lipinski definition) is 5. The Morgan fingerprint density at radius 3 is 2.60 bits per heavy atom. The Bertz CT molecular complexity index is 854. The van der Waals surface area contributed by atoms with Gasteiger partial charge in [-0.1, -0.05) is 11.6 Å². The molecule has 8 nitrogen and oxygen atoms in total. The fourth-order valence-corrected chi connectivity index (χ4v) is 2.21. The molecule has 0 bridgehead atoms. The molecular weight excluding hydrogens is 350 g/mol. The number of primary amides is 1. The second-order valence-corrected chi connectivity index (χ2v) is 5.53. The van der Waals surface area contributed by atoms with Gasteiger partial charge in [-0.15, -0.1) is 0 Å². The minimum atomic E-state index is -0.710. The van der Waals surface area contributed by atoms with Crippen LogP contribution in [0.2, 0.25) is 5.02 Å². The van der Waals surface area contributed by atoms with Crippen molar-refractivity contribution in [3.8, 4) is 5.75 Å². The van der Waals surface area contributed by atoms with E-state index in [0.29, 0.717) is 16.3 Å². The van der Waals surface area contributed by atoms with Crippen LogP contribution < -0.4 is 15.8 Å². The van der Waals surface area contributed by atoms with Gasteiger partial charge in [-0.05, 0) is 36.8 Å². The summed E-state index contributed by atoms with van der Waals surface area (Å²) in [5.74, 6) is -1.12. The number of ether oxygens (including phenoxy) is 1. The number of anilines is 1. The molecule has 0 unspecified atom stereocenters. The lowest BCUT2D eigenvalue weighted by Crippen LogP contribution is -2.22. The number of nitro groups is 1. The Hall–Kier alpha value is -3.13. The molecule has 0 aliphatic carbocycles. The zero-order chi connectivity index (χ0) is 18.6. The lowest BCUT2D eigenvalue weighted by atomic mass is 10.2. The fraction of sp³-hybridized carbons (Fsp3) is 0.125. The van der Waals surface area contributed by atoms with Crippen LogP contribution in [0, 0.1) is 17.0 Å². The van der Waals surface area contributed by atoms with Crippen LogP contribution >= 0.6 is 11.6 Å². The third-order valence-electron chi connectivity index (χ3n) is 3.26. The molecule has 0 atom stereocenters. The molecule has 130 valence electrons. The first kappa shape index (κ1) is 18.2. The van der Waals surface area contributed by atoms with Crippen LogP contribution in [0.4, 0.5) is 11.4 Å². The van der Waals surface area contributed by atoms with Gasteiger partial charge in [0.15, 0.2) is 6.61 Å². The summed E-state index contributed by atoms with van der Waals surface area (Å²) in [4.78, 5) is 33.5. The number of halogens is 1. The van der Waals surface area contributed by atoms with E-state index in [1.807, 2.05) is 0 Å². The highest BCUT2D eigenvalue weighted by Crippen LogP contribution is 2.24. The number of nitrogens with one attached hydrogen (secondary N) is 1. The van der Waals surface area contributed by atoms with Crippen LogP contribution in [0.5, 0.6) is 5.75 Å². The lowest BCUT2D eigenvalue weighted by molar-refractivity contribution is -0.384. The minimum absolute atomic E-state index is 0.0724. The number of non-ortho nitro benzene ring substituents is 1. The fourth-order valence-electron chi connectivity index (χ4n) is 2.05.